The van der Waals surface area contributed by atoms with E-state index < -0.39 is 0 Å². The molecule has 0 radical (unpaired) electrons. The van der Waals surface area contributed by atoms with Gasteiger partial charge in [0, 0.05) is 24.4 Å². The fraction of sp³-hybridized carbons (Fsp3) is 0.400. The van der Waals surface area contributed by atoms with Crippen molar-refractivity contribution in [3.8, 4) is 11.5 Å². The number of hydrogen-bond acceptors (Lipinski definition) is 4. The molecule has 106 valence electrons. The van der Waals surface area contributed by atoms with Gasteiger partial charge in [-0.05, 0) is 32.4 Å². The molecule has 0 saturated carbocycles. The molecule has 0 atom stereocenters. The Bertz CT molecular complexity index is 590. The van der Waals surface area contributed by atoms with Gasteiger partial charge in [0.2, 0.25) is 17.7 Å². The van der Waals surface area contributed by atoms with Gasteiger partial charge < -0.3 is 9.73 Å². The topological polar surface area (TPSA) is 68.0 Å². The van der Waals surface area contributed by atoms with Gasteiger partial charge in [0.05, 0.1) is 0 Å². The summed E-state index contributed by atoms with van der Waals surface area (Å²) in [4.78, 5) is 11.6. The van der Waals surface area contributed by atoms with E-state index in [4.69, 9.17) is 4.42 Å². The van der Waals surface area contributed by atoms with E-state index >= 15 is 0 Å². The Kier molecular flexibility index (Phi) is 4.50. The molecule has 2 rings (SSSR count). The maximum Gasteiger partial charge on any atom is 0.247 e. The second-order valence-electron chi connectivity index (χ2n) is 5.04. The Morgan fingerprint density at radius 3 is 2.75 bits per heavy atom. The zero-order chi connectivity index (χ0) is 14.5. The van der Waals surface area contributed by atoms with Crippen molar-refractivity contribution in [3.05, 3.63) is 35.7 Å². The highest BCUT2D eigenvalue weighted by atomic mass is 16.4. The summed E-state index contributed by atoms with van der Waals surface area (Å²) in [5.41, 5.74) is 2.01. The number of amides is 1. The van der Waals surface area contributed by atoms with Crippen molar-refractivity contribution in [2.24, 2.45) is 0 Å². The van der Waals surface area contributed by atoms with E-state index in [1.807, 2.05) is 45.0 Å². The maximum atomic E-state index is 11.6. The van der Waals surface area contributed by atoms with E-state index in [1.54, 1.807) is 0 Å². The number of nitrogens with zero attached hydrogens (tertiary/aromatic N) is 2. The molecule has 20 heavy (non-hydrogen) atoms. The van der Waals surface area contributed by atoms with Gasteiger partial charge in [-0.15, -0.1) is 10.2 Å². The average molecular weight is 273 g/mol. The van der Waals surface area contributed by atoms with Crippen molar-refractivity contribution in [2.45, 2.75) is 39.7 Å². The highest BCUT2D eigenvalue weighted by molar-refractivity contribution is 5.76. The van der Waals surface area contributed by atoms with Crippen LogP contribution in [0, 0.1) is 6.92 Å². The maximum absolute atomic E-state index is 11.6. The average Bonchev–Trinajstić information content (AvgIpc) is 2.85. The Morgan fingerprint density at radius 2 is 2.05 bits per heavy atom. The monoisotopic (exact) mass is 273 g/mol. The van der Waals surface area contributed by atoms with E-state index in [1.165, 1.54) is 0 Å². The van der Waals surface area contributed by atoms with Crippen LogP contribution in [0.2, 0.25) is 0 Å². The van der Waals surface area contributed by atoms with Crippen LogP contribution in [-0.4, -0.2) is 22.1 Å². The minimum atomic E-state index is -0.00404. The summed E-state index contributed by atoms with van der Waals surface area (Å²) in [5.74, 6) is 0.986. The summed E-state index contributed by atoms with van der Waals surface area (Å²) < 4.78 is 5.60. The number of hydrogen-bond donors (Lipinski definition) is 1. The molecule has 5 heteroatoms. The molecular weight excluding hydrogens is 254 g/mol. The second-order valence-corrected chi connectivity index (χ2v) is 5.04. The molecule has 5 nitrogen and oxygen atoms in total. The molecule has 2 aromatic rings. The molecule has 0 spiro atoms. The number of rotatable bonds is 5. The Hall–Kier alpha value is -2.17. The smallest absolute Gasteiger partial charge is 0.247 e. The van der Waals surface area contributed by atoms with Gasteiger partial charge in [-0.1, -0.05) is 18.2 Å². The molecular formula is C15H19N3O2. The highest BCUT2D eigenvalue weighted by Gasteiger charge is 2.12. The molecule has 0 aliphatic rings. The third-order valence-corrected chi connectivity index (χ3v) is 2.86. The molecule has 0 fully saturated rings. The van der Waals surface area contributed by atoms with E-state index in [-0.39, 0.29) is 11.9 Å². The van der Waals surface area contributed by atoms with Crippen LogP contribution < -0.4 is 5.32 Å². The van der Waals surface area contributed by atoms with Crippen LogP contribution in [0.3, 0.4) is 0 Å². The van der Waals surface area contributed by atoms with Crippen LogP contribution in [-0.2, 0) is 11.2 Å². The summed E-state index contributed by atoms with van der Waals surface area (Å²) in [5, 5.41) is 10.9. The second kappa shape index (κ2) is 6.32. The number of carbonyl (C=O) groups is 1. The van der Waals surface area contributed by atoms with Gasteiger partial charge in [0.15, 0.2) is 0 Å². The van der Waals surface area contributed by atoms with Gasteiger partial charge in [0.1, 0.15) is 0 Å². The Balaban J connectivity index is 2.00. The first-order valence-corrected chi connectivity index (χ1v) is 6.74. The molecule has 0 unspecified atom stereocenters. The predicted molar refractivity (Wildman–Crippen MR) is 76.1 cm³/mol. The van der Waals surface area contributed by atoms with Crippen molar-refractivity contribution in [1.82, 2.24) is 15.5 Å². The zero-order valence-corrected chi connectivity index (χ0v) is 12.0. The Labute approximate surface area is 118 Å². The molecule has 0 aliphatic heterocycles. The minimum absolute atomic E-state index is 0.00404. The van der Waals surface area contributed by atoms with Gasteiger partial charge in [-0.3, -0.25) is 4.79 Å². The van der Waals surface area contributed by atoms with Gasteiger partial charge in [0.25, 0.3) is 0 Å². The van der Waals surface area contributed by atoms with Crippen LogP contribution in [0.4, 0.5) is 0 Å². The first kappa shape index (κ1) is 14.2. The van der Waals surface area contributed by atoms with Crippen LogP contribution in [0.5, 0.6) is 0 Å². The number of aromatic nitrogens is 2. The van der Waals surface area contributed by atoms with Crippen molar-refractivity contribution in [2.75, 3.05) is 0 Å². The number of benzene rings is 1. The highest BCUT2D eigenvalue weighted by Crippen LogP contribution is 2.21. The lowest BCUT2D eigenvalue weighted by atomic mass is 10.1. The van der Waals surface area contributed by atoms with Crippen LogP contribution >= 0.6 is 0 Å². The summed E-state index contributed by atoms with van der Waals surface area (Å²) in [6.45, 7) is 5.86. The number of aryl methyl sites for hydroxylation is 2. The van der Waals surface area contributed by atoms with E-state index in [9.17, 15) is 4.79 Å². The van der Waals surface area contributed by atoms with E-state index in [0.29, 0.717) is 24.6 Å². The van der Waals surface area contributed by atoms with Crippen LogP contribution in [0.1, 0.15) is 31.7 Å². The standard InChI is InChI=1S/C15H19N3O2/c1-10(2)16-13(19)8-9-14-17-18-15(20-14)12-7-5-4-6-11(12)3/h4-7,10H,8-9H2,1-3H3,(H,16,19). The van der Waals surface area contributed by atoms with Crippen LogP contribution in [0.25, 0.3) is 11.5 Å². The van der Waals surface area contributed by atoms with Crippen LogP contribution in [0.15, 0.2) is 28.7 Å². The molecule has 1 aromatic heterocycles. The molecule has 1 amide bonds. The van der Waals surface area contributed by atoms with Crippen molar-refractivity contribution in [1.29, 1.82) is 0 Å². The summed E-state index contributed by atoms with van der Waals surface area (Å²) >= 11 is 0. The van der Waals surface area contributed by atoms with Crippen molar-refractivity contribution < 1.29 is 9.21 Å². The third-order valence-electron chi connectivity index (χ3n) is 2.86. The molecule has 0 saturated heterocycles. The quantitative estimate of drug-likeness (QED) is 0.908. The lowest BCUT2D eigenvalue weighted by molar-refractivity contribution is -0.121. The molecule has 1 heterocycles. The largest absolute Gasteiger partial charge is 0.421 e. The van der Waals surface area contributed by atoms with E-state index in [0.717, 1.165) is 11.1 Å². The number of nitrogens with one attached hydrogen (secondary N) is 1. The Morgan fingerprint density at radius 1 is 1.30 bits per heavy atom. The SMILES string of the molecule is Cc1ccccc1-c1nnc(CCC(=O)NC(C)C)o1. The fourth-order valence-electron chi connectivity index (χ4n) is 1.89. The molecule has 1 N–H and O–H groups in total. The first-order valence-electron chi connectivity index (χ1n) is 6.74. The first-order chi connectivity index (χ1) is 9.56. The predicted octanol–water partition coefficient (Wildman–Crippen LogP) is 2.50. The summed E-state index contributed by atoms with van der Waals surface area (Å²) in [7, 11) is 0. The van der Waals surface area contributed by atoms with Gasteiger partial charge in [-0.25, -0.2) is 0 Å². The third kappa shape index (κ3) is 3.66. The van der Waals surface area contributed by atoms with Crippen molar-refractivity contribution >= 4 is 5.91 Å². The molecule has 0 aliphatic carbocycles. The summed E-state index contributed by atoms with van der Waals surface area (Å²) in [6.07, 6.45) is 0.811. The van der Waals surface area contributed by atoms with Crippen molar-refractivity contribution in [3.63, 3.8) is 0 Å². The zero-order valence-electron chi connectivity index (χ0n) is 12.0. The lowest BCUT2D eigenvalue weighted by Gasteiger charge is -2.06. The molecule has 1 aromatic carbocycles. The minimum Gasteiger partial charge on any atom is -0.421 e. The lowest BCUT2D eigenvalue weighted by Crippen LogP contribution is -2.30. The number of carbonyl (C=O) groups excluding carboxylic acids is 1. The van der Waals surface area contributed by atoms with Gasteiger partial charge >= 0.3 is 0 Å². The fourth-order valence-corrected chi connectivity index (χ4v) is 1.89. The summed E-state index contributed by atoms with van der Waals surface area (Å²) in [6, 6.07) is 7.98. The molecule has 0 bridgehead atoms. The van der Waals surface area contributed by atoms with E-state index in [2.05, 4.69) is 15.5 Å². The normalized spacial score (nSPS) is 10.8. The van der Waals surface area contributed by atoms with Gasteiger partial charge in [-0.2, -0.15) is 0 Å².